The van der Waals surface area contributed by atoms with Gasteiger partial charge in [0.25, 0.3) is 0 Å². The van der Waals surface area contributed by atoms with E-state index in [9.17, 15) is 14.0 Å². The second-order valence-corrected chi connectivity index (χ2v) is 11.6. The Labute approximate surface area is 227 Å². The van der Waals surface area contributed by atoms with E-state index in [1.165, 1.54) is 17.1 Å². The summed E-state index contributed by atoms with van der Waals surface area (Å²) < 4.78 is 16.6. The molecule has 0 aliphatic rings. The van der Waals surface area contributed by atoms with Crippen molar-refractivity contribution in [2.24, 2.45) is 0 Å². The first-order chi connectivity index (χ1) is 17.1. The molecule has 1 unspecified atom stereocenters. The topological polar surface area (TPSA) is 110 Å². The summed E-state index contributed by atoms with van der Waals surface area (Å²) in [5.41, 5.74) is 1.38. The summed E-state index contributed by atoms with van der Waals surface area (Å²) in [6.07, 6.45) is 1.43. The number of nitrogens with one attached hydrogen (secondary N) is 1. The number of Topliss-reactive ketones (excluding diaryl/α,β-unsaturated/α-hetero) is 1. The number of benzene rings is 2. The molecule has 0 saturated carbocycles. The fourth-order valence-corrected chi connectivity index (χ4v) is 5.87. The molecule has 0 bridgehead atoms. The number of thioether (sulfide) groups is 1. The summed E-state index contributed by atoms with van der Waals surface area (Å²) in [6.45, 7) is 1.50. The predicted molar refractivity (Wildman–Crippen MR) is 142 cm³/mol. The summed E-state index contributed by atoms with van der Waals surface area (Å²) >= 11 is 19.4. The number of fused-ring (bicyclic) bond motifs is 1. The van der Waals surface area contributed by atoms with E-state index in [4.69, 9.17) is 40.5 Å². The van der Waals surface area contributed by atoms with Gasteiger partial charge in [0.1, 0.15) is 29.8 Å². The quantitative estimate of drug-likeness (QED) is 0.135. The number of rotatable bonds is 9. The lowest BCUT2D eigenvalue weighted by Gasteiger charge is -2.11. The van der Waals surface area contributed by atoms with Crippen LogP contribution in [0.5, 0.6) is 0 Å². The fraction of sp³-hybridized carbons (Fsp3) is 0.182. The van der Waals surface area contributed by atoms with E-state index in [0.717, 1.165) is 29.2 Å². The van der Waals surface area contributed by atoms with Crippen LogP contribution in [-0.4, -0.2) is 41.9 Å². The lowest BCUT2D eigenvalue weighted by molar-refractivity contribution is -0.136. The monoisotopic (exact) mass is 583 g/mol. The van der Waals surface area contributed by atoms with Crippen molar-refractivity contribution in [3.8, 4) is 0 Å². The standard InChI is InChI=1S/C22H16Cl2FN5O3S3/c1-10(20(32)33)35-21-29-30(22(34)36-21)8-12(31)4-11-2-3-17-13(5-11)19(27-9-26-17)28-18-7-15(24)14(23)6-16(18)25/h2-3,5-7,9-10H,4,8H2,1H3,(H,32,33)(H,26,27,28). The summed E-state index contributed by atoms with van der Waals surface area (Å²) in [5, 5.41) is 16.4. The van der Waals surface area contributed by atoms with Crippen molar-refractivity contribution in [3.05, 3.63) is 62.0 Å². The summed E-state index contributed by atoms with van der Waals surface area (Å²) in [4.78, 5) is 32.3. The van der Waals surface area contributed by atoms with E-state index < -0.39 is 17.0 Å². The van der Waals surface area contributed by atoms with Crippen LogP contribution in [0.1, 0.15) is 12.5 Å². The SMILES string of the molecule is CC(Sc1nn(CC(=O)Cc2ccc3ncnc(Nc4cc(Cl)c(Cl)cc4F)c3c2)c(=S)s1)C(=O)O. The summed E-state index contributed by atoms with van der Waals surface area (Å²) in [5.74, 6) is -1.37. The molecule has 2 aromatic heterocycles. The minimum Gasteiger partial charge on any atom is -0.480 e. The Balaban J connectivity index is 1.53. The number of nitrogens with zero attached hydrogens (tertiary/aromatic N) is 4. The maximum atomic E-state index is 14.4. The van der Waals surface area contributed by atoms with Gasteiger partial charge in [-0.1, -0.05) is 52.4 Å². The number of aromatic nitrogens is 4. The number of halogens is 3. The molecular formula is C22H16Cl2FN5O3S3. The average molecular weight is 585 g/mol. The minimum atomic E-state index is -0.959. The van der Waals surface area contributed by atoms with Crippen LogP contribution in [0, 0.1) is 9.77 Å². The molecule has 0 aliphatic carbocycles. The molecule has 2 N–H and O–H groups in total. The van der Waals surface area contributed by atoms with Gasteiger partial charge in [0.15, 0.2) is 14.1 Å². The minimum absolute atomic E-state index is 0.0553. The molecule has 0 radical (unpaired) electrons. The third kappa shape index (κ3) is 6.19. The summed E-state index contributed by atoms with van der Waals surface area (Å²) in [7, 11) is 0. The molecule has 4 aromatic rings. The second kappa shape index (κ2) is 11.2. The van der Waals surface area contributed by atoms with Gasteiger partial charge < -0.3 is 10.4 Å². The van der Waals surface area contributed by atoms with E-state index in [2.05, 4.69) is 20.4 Å². The number of carboxylic acids is 1. The molecule has 2 aromatic carbocycles. The Bertz CT molecular complexity index is 1550. The van der Waals surface area contributed by atoms with Gasteiger partial charge in [0.05, 0.1) is 21.2 Å². The highest BCUT2D eigenvalue weighted by atomic mass is 35.5. The number of anilines is 2. The number of carbonyl (C=O) groups is 2. The van der Waals surface area contributed by atoms with Crippen molar-refractivity contribution in [1.29, 1.82) is 0 Å². The van der Waals surface area contributed by atoms with Crippen molar-refractivity contribution >= 4 is 92.7 Å². The maximum Gasteiger partial charge on any atom is 0.316 e. The molecule has 0 spiro atoms. The van der Waals surface area contributed by atoms with Crippen molar-refractivity contribution in [2.45, 2.75) is 29.5 Å². The summed E-state index contributed by atoms with van der Waals surface area (Å²) in [6, 6.07) is 7.73. The van der Waals surface area contributed by atoms with Crippen LogP contribution in [0.3, 0.4) is 0 Å². The highest BCUT2D eigenvalue weighted by molar-refractivity contribution is 8.02. The number of hydrogen-bond donors (Lipinski definition) is 2. The van der Waals surface area contributed by atoms with Gasteiger partial charge in [-0.15, -0.1) is 0 Å². The Morgan fingerprint density at radius 1 is 1.25 bits per heavy atom. The first kappa shape index (κ1) is 26.4. The molecule has 0 fully saturated rings. The molecule has 14 heteroatoms. The number of hydrogen-bond acceptors (Lipinski definition) is 9. The smallest absolute Gasteiger partial charge is 0.316 e. The zero-order valence-electron chi connectivity index (χ0n) is 18.4. The zero-order valence-corrected chi connectivity index (χ0v) is 22.3. The van der Waals surface area contributed by atoms with E-state index in [0.29, 0.717) is 30.6 Å². The van der Waals surface area contributed by atoms with Crippen LogP contribution >= 0.6 is 58.5 Å². The highest BCUT2D eigenvalue weighted by Crippen LogP contribution is 2.31. The van der Waals surface area contributed by atoms with Crippen LogP contribution in [0.4, 0.5) is 15.9 Å². The van der Waals surface area contributed by atoms with Gasteiger partial charge in [0, 0.05) is 11.8 Å². The van der Waals surface area contributed by atoms with Gasteiger partial charge >= 0.3 is 5.97 Å². The van der Waals surface area contributed by atoms with Gasteiger partial charge in [-0.25, -0.2) is 19.0 Å². The molecule has 2 heterocycles. The Hall–Kier alpha value is -2.64. The van der Waals surface area contributed by atoms with Gasteiger partial charge in [0.2, 0.25) is 0 Å². The molecule has 4 rings (SSSR count). The molecule has 0 aliphatic heterocycles. The molecular weight excluding hydrogens is 568 g/mol. The van der Waals surface area contributed by atoms with Crippen molar-refractivity contribution < 1.29 is 19.1 Å². The number of carbonyl (C=O) groups excluding carboxylic acids is 1. The molecule has 8 nitrogen and oxygen atoms in total. The van der Waals surface area contributed by atoms with Crippen LogP contribution in [0.2, 0.25) is 10.0 Å². The molecule has 36 heavy (non-hydrogen) atoms. The maximum absolute atomic E-state index is 14.4. The molecule has 1 atom stereocenters. The largest absolute Gasteiger partial charge is 0.480 e. The van der Waals surface area contributed by atoms with E-state index in [1.807, 2.05) is 0 Å². The normalized spacial score (nSPS) is 12.0. The number of carboxylic acid groups (broad SMARTS) is 1. The predicted octanol–water partition coefficient (Wildman–Crippen LogP) is 6.18. The number of aliphatic carboxylic acids is 1. The number of ketones is 1. The second-order valence-electron chi connectivity index (χ2n) is 7.55. The first-order valence-electron chi connectivity index (χ1n) is 10.2. The van der Waals surface area contributed by atoms with Crippen LogP contribution < -0.4 is 5.32 Å². The van der Waals surface area contributed by atoms with E-state index in [-0.39, 0.29) is 34.5 Å². The van der Waals surface area contributed by atoms with Crippen molar-refractivity contribution in [1.82, 2.24) is 19.7 Å². The van der Waals surface area contributed by atoms with E-state index in [1.54, 1.807) is 25.1 Å². The molecule has 0 saturated heterocycles. The Morgan fingerprint density at radius 2 is 2.00 bits per heavy atom. The van der Waals surface area contributed by atoms with Gasteiger partial charge in [-0.3, -0.25) is 9.59 Å². The third-order valence-corrected chi connectivity index (χ3v) is 8.10. The van der Waals surface area contributed by atoms with Crippen LogP contribution in [0.25, 0.3) is 10.9 Å². The zero-order chi connectivity index (χ0) is 26.0. The van der Waals surface area contributed by atoms with Crippen LogP contribution in [0.15, 0.2) is 41.0 Å². The Morgan fingerprint density at radius 3 is 2.75 bits per heavy atom. The highest BCUT2D eigenvalue weighted by Gasteiger charge is 2.17. The lowest BCUT2D eigenvalue weighted by atomic mass is 10.1. The molecule has 186 valence electrons. The molecule has 0 amide bonds. The van der Waals surface area contributed by atoms with Crippen molar-refractivity contribution in [2.75, 3.05) is 5.32 Å². The van der Waals surface area contributed by atoms with Crippen LogP contribution in [-0.2, 0) is 22.6 Å². The fourth-order valence-electron chi connectivity index (χ4n) is 3.15. The van der Waals surface area contributed by atoms with E-state index >= 15 is 0 Å². The van der Waals surface area contributed by atoms with Gasteiger partial charge in [-0.2, -0.15) is 5.10 Å². The Kier molecular flexibility index (Phi) is 8.20. The first-order valence-corrected chi connectivity index (χ1v) is 13.1. The average Bonchev–Trinajstić information content (AvgIpc) is 3.15. The lowest BCUT2D eigenvalue weighted by Crippen LogP contribution is -2.14. The van der Waals surface area contributed by atoms with Crippen molar-refractivity contribution in [3.63, 3.8) is 0 Å². The van der Waals surface area contributed by atoms with Gasteiger partial charge in [-0.05, 0) is 49.0 Å². The third-order valence-electron chi connectivity index (χ3n) is 4.90.